The van der Waals surface area contributed by atoms with Crippen LogP contribution in [0.25, 0.3) is 0 Å². The minimum Gasteiger partial charge on any atom is -0.469 e. The molecule has 0 aromatic rings. The Hall–Kier alpha value is -1.37. The Morgan fingerprint density at radius 1 is 1.05 bits per heavy atom. The van der Waals surface area contributed by atoms with E-state index in [0.717, 1.165) is 0 Å². The molecule has 1 saturated heterocycles. The van der Waals surface area contributed by atoms with Gasteiger partial charge >= 0.3 is 11.9 Å². The highest BCUT2D eigenvalue weighted by Crippen LogP contribution is 2.41. The molecular weight excluding hydrogens is 290 g/mol. The van der Waals surface area contributed by atoms with Crippen LogP contribution in [-0.2, 0) is 23.9 Å². The van der Waals surface area contributed by atoms with Crippen LogP contribution < -0.4 is 0 Å². The number of carbonyl (C=O) groups excluding carboxylic acids is 3. The summed E-state index contributed by atoms with van der Waals surface area (Å²) < 4.78 is 9.74. The quantitative estimate of drug-likeness (QED) is 0.579. The lowest BCUT2D eigenvalue weighted by atomic mass is 9.88. The first-order chi connectivity index (χ1) is 9.65. The van der Waals surface area contributed by atoms with Gasteiger partial charge in [0.15, 0.2) is 0 Å². The molecule has 0 radical (unpaired) electrons. The fourth-order valence-corrected chi connectivity index (χ4v) is 5.55. The molecule has 3 atom stereocenters. The molecule has 1 amide bonds. The van der Waals surface area contributed by atoms with Gasteiger partial charge in [-0.1, -0.05) is 19.6 Å². The number of rotatable bonds is 3. The van der Waals surface area contributed by atoms with Gasteiger partial charge in [-0.3, -0.25) is 9.59 Å². The number of carbonyl (C=O) groups is 3. The maximum atomic E-state index is 12.3. The Balaban J connectivity index is 3.30. The van der Waals surface area contributed by atoms with Gasteiger partial charge in [-0.25, -0.2) is 4.79 Å². The molecule has 0 N–H and O–H groups in total. The number of amides is 1. The first-order valence-electron chi connectivity index (χ1n) is 7.08. The summed E-state index contributed by atoms with van der Waals surface area (Å²) in [6, 6.07) is -0.884. The van der Waals surface area contributed by atoms with E-state index in [1.807, 2.05) is 0 Å². The molecule has 0 unspecified atom stereocenters. The lowest BCUT2D eigenvalue weighted by Crippen LogP contribution is -2.59. The Morgan fingerprint density at radius 3 is 1.95 bits per heavy atom. The van der Waals surface area contributed by atoms with Gasteiger partial charge in [0.05, 0.1) is 20.1 Å². The van der Waals surface area contributed by atoms with Crippen molar-refractivity contribution < 1.29 is 23.9 Å². The molecule has 6 nitrogen and oxygen atoms in total. The van der Waals surface area contributed by atoms with Gasteiger partial charge in [-0.05, 0) is 12.0 Å². The predicted molar refractivity (Wildman–Crippen MR) is 80.4 cm³/mol. The van der Waals surface area contributed by atoms with Crippen LogP contribution in [0.2, 0.25) is 25.2 Å². The monoisotopic (exact) mass is 315 g/mol. The van der Waals surface area contributed by atoms with Crippen LogP contribution in [-0.4, -0.2) is 57.6 Å². The summed E-state index contributed by atoms with van der Waals surface area (Å²) in [7, 11) is 0.871. The van der Waals surface area contributed by atoms with Crippen molar-refractivity contribution >= 4 is 25.9 Å². The summed E-state index contributed by atoms with van der Waals surface area (Å²) in [6.07, 6.45) is 0.711. The van der Waals surface area contributed by atoms with E-state index in [2.05, 4.69) is 19.6 Å². The number of methoxy groups -OCH3 is 2. The highest BCUT2D eigenvalue weighted by atomic mass is 28.3. The highest BCUT2D eigenvalue weighted by Gasteiger charge is 2.52. The third kappa shape index (κ3) is 3.64. The second kappa shape index (κ2) is 6.59. The van der Waals surface area contributed by atoms with Crippen molar-refractivity contribution in [2.45, 2.75) is 44.6 Å². The molecule has 120 valence electrons. The first-order valence-corrected chi connectivity index (χ1v) is 10.7. The van der Waals surface area contributed by atoms with E-state index in [4.69, 9.17) is 9.47 Å². The number of nitrogens with zero attached hydrogens (tertiary/aromatic N) is 1. The lowest BCUT2D eigenvalue weighted by Gasteiger charge is -2.46. The van der Waals surface area contributed by atoms with Gasteiger partial charge in [0.25, 0.3) is 0 Å². The predicted octanol–water partition coefficient (Wildman–Crippen LogP) is 1.28. The molecule has 0 saturated carbocycles. The summed E-state index contributed by atoms with van der Waals surface area (Å²) in [5.41, 5.74) is 0.0737. The van der Waals surface area contributed by atoms with Crippen molar-refractivity contribution in [2.75, 3.05) is 20.8 Å². The molecule has 7 heteroatoms. The van der Waals surface area contributed by atoms with E-state index in [1.165, 1.54) is 26.0 Å². The van der Waals surface area contributed by atoms with Crippen molar-refractivity contribution in [1.82, 2.24) is 4.90 Å². The second-order valence-corrected chi connectivity index (χ2v) is 12.0. The largest absolute Gasteiger partial charge is 0.469 e. The van der Waals surface area contributed by atoms with E-state index in [1.54, 1.807) is 0 Å². The van der Waals surface area contributed by atoms with Crippen molar-refractivity contribution in [3.8, 4) is 0 Å². The first kappa shape index (κ1) is 17.7. The van der Waals surface area contributed by atoms with Crippen molar-refractivity contribution in [3.05, 3.63) is 0 Å². The van der Waals surface area contributed by atoms with Gasteiger partial charge in [0.2, 0.25) is 5.91 Å². The van der Waals surface area contributed by atoms with Gasteiger partial charge in [0, 0.05) is 21.5 Å². The summed E-state index contributed by atoms with van der Waals surface area (Å²) in [6.45, 7) is 8.35. The van der Waals surface area contributed by atoms with E-state index in [0.29, 0.717) is 13.0 Å². The summed E-state index contributed by atoms with van der Waals surface area (Å²) in [4.78, 5) is 37.7. The molecule has 1 rings (SSSR count). The molecule has 0 spiro atoms. The highest BCUT2D eigenvalue weighted by molar-refractivity contribution is 6.77. The molecule has 0 aliphatic carbocycles. The van der Waals surface area contributed by atoms with Crippen LogP contribution in [0.1, 0.15) is 13.3 Å². The van der Waals surface area contributed by atoms with Gasteiger partial charge in [0.1, 0.15) is 6.04 Å². The van der Waals surface area contributed by atoms with Crippen LogP contribution in [0.4, 0.5) is 0 Å². The van der Waals surface area contributed by atoms with Crippen LogP contribution in [0.15, 0.2) is 0 Å². The average molecular weight is 315 g/mol. The topological polar surface area (TPSA) is 72.9 Å². The molecule has 1 heterocycles. The van der Waals surface area contributed by atoms with Gasteiger partial charge < -0.3 is 14.4 Å². The molecule has 0 aromatic heterocycles. The van der Waals surface area contributed by atoms with Crippen molar-refractivity contribution in [2.24, 2.45) is 5.92 Å². The minimum atomic E-state index is -1.71. The number of ether oxygens (including phenoxy) is 2. The Labute approximate surface area is 126 Å². The van der Waals surface area contributed by atoms with Gasteiger partial charge in [-0.2, -0.15) is 0 Å². The molecule has 1 aliphatic rings. The average Bonchev–Trinajstić information content (AvgIpc) is 2.42. The maximum Gasteiger partial charge on any atom is 0.329 e. The molecule has 0 bridgehead atoms. The third-order valence-electron chi connectivity index (χ3n) is 4.22. The zero-order chi connectivity index (χ0) is 16.4. The zero-order valence-electron chi connectivity index (χ0n) is 13.6. The maximum absolute atomic E-state index is 12.3. The fourth-order valence-electron chi connectivity index (χ4n) is 3.16. The fraction of sp³-hybridized carbons (Fsp3) is 0.786. The number of likely N-dealkylation sites (tertiary alicyclic amines) is 1. The summed E-state index contributed by atoms with van der Waals surface area (Å²) in [5, 5.41) is 0. The number of hydrogen-bond donors (Lipinski definition) is 0. The van der Waals surface area contributed by atoms with Crippen LogP contribution in [0.3, 0.4) is 0 Å². The number of hydrogen-bond acceptors (Lipinski definition) is 5. The molecule has 21 heavy (non-hydrogen) atoms. The van der Waals surface area contributed by atoms with E-state index in [-0.39, 0.29) is 11.4 Å². The van der Waals surface area contributed by atoms with Crippen LogP contribution in [0.5, 0.6) is 0 Å². The molecule has 1 aliphatic heterocycles. The SMILES string of the molecule is COC(=O)[C@@H]1[C@@H](C(=O)OC)N(C(C)=O)CC[C@@H]1[Si](C)(C)C. The van der Waals surface area contributed by atoms with Crippen LogP contribution in [0, 0.1) is 5.92 Å². The van der Waals surface area contributed by atoms with Crippen LogP contribution >= 0.6 is 0 Å². The van der Waals surface area contributed by atoms with Gasteiger partial charge in [-0.15, -0.1) is 0 Å². The number of piperidine rings is 1. The number of esters is 2. The Bertz CT molecular complexity index is 432. The van der Waals surface area contributed by atoms with E-state index in [9.17, 15) is 14.4 Å². The molecule has 0 aromatic carbocycles. The lowest BCUT2D eigenvalue weighted by molar-refractivity contribution is -0.165. The second-order valence-electron chi connectivity index (χ2n) is 6.49. The molecule has 1 fully saturated rings. The Morgan fingerprint density at radius 2 is 1.57 bits per heavy atom. The minimum absolute atomic E-state index is 0.0737. The normalized spacial score (nSPS) is 26.2. The smallest absolute Gasteiger partial charge is 0.329 e. The van der Waals surface area contributed by atoms with E-state index < -0.39 is 32.0 Å². The third-order valence-corrected chi connectivity index (χ3v) is 7.10. The summed E-state index contributed by atoms with van der Waals surface area (Å²) in [5.74, 6) is -1.87. The van der Waals surface area contributed by atoms with E-state index >= 15 is 0 Å². The van der Waals surface area contributed by atoms with Crippen molar-refractivity contribution in [1.29, 1.82) is 0 Å². The molecular formula is C14H25NO5Si. The van der Waals surface area contributed by atoms with Crippen molar-refractivity contribution in [3.63, 3.8) is 0 Å². The zero-order valence-corrected chi connectivity index (χ0v) is 14.6. The standard InChI is InChI=1S/C14H25NO5Si/c1-9(16)15-8-7-10(21(4,5)6)11(13(17)19-2)12(15)14(18)20-3/h10-12H,7-8H2,1-6H3/t10-,11-,12-/m0/s1. The Kier molecular flexibility index (Phi) is 5.55. The summed E-state index contributed by atoms with van der Waals surface area (Å²) >= 11 is 0.